The maximum atomic E-state index is 12.3. The summed E-state index contributed by atoms with van der Waals surface area (Å²) >= 11 is 0. The lowest BCUT2D eigenvalue weighted by Crippen LogP contribution is -2.24. The Morgan fingerprint density at radius 1 is 1.35 bits per heavy atom. The number of hydrogen-bond donors (Lipinski definition) is 2. The minimum absolute atomic E-state index is 0.0379. The molecule has 0 fully saturated rings. The first-order valence-electron chi connectivity index (χ1n) is 7.11. The van der Waals surface area contributed by atoms with Gasteiger partial charge in [-0.2, -0.15) is 0 Å². The van der Waals surface area contributed by atoms with E-state index < -0.39 is 6.36 Å². The van der Waals surface area contributed by atoms with E-state index in [1.165, 1.54) is 23.8 Å². The summed E-state index contributed by atoms with van der Waals surface area (Å²) in [5.41, 5.74) is 7.06. The summed E-state index contributed by atoms with van der Waals surface area (Å²) in [6.07, 6.45) is -1.15. The number of anilines is 1. The first-order chi connectivity index (χ1) is 10.9. The monoisotopic (exact) mass is 329 g/mol. The van der Waals surface area contributed by atoms with Crippen molar-refractivity contribution in [3.63, 3.8) is 0 Å². The van der Waals surface area contributed by atoms with Crippen LogP contribution in [0.1, 0.15) is 12.8 Å². The van der Waals surface area contributed by atoms with E-state index in [0.717, 1.165) is 12.8 Å². The van der Waals surface area contributed by atoms with Crippen LogP contribution < -0.4 is 15.8 Å². The molecule has 8 heteroatoms. The molecule has 0 unspecified atom stereocenters. The summed E-state index contributed by atoms with van der Waals surface area (Å²) in [7, 11) is 0. The topological polar surface area (TPSA) is 68.9 Å². The van der Waals surface area contributed by atoms with Crippen molar-refractivity contribution >= 4 is 11.6 Å². The number of alkyl halides is 3. The van der Waals surface area contributed by atoms with Crippen LogP contribution in [0.5, 0.6) is 5.75 Å². The summed E-state index contributed by atoms with van der Waals surface area (Å²) in [6, 6.07) is 5.66. The number of para-hydroxylation sites is 2. The fourth-order valence-electron chi connectivity index (χ4n) is 2.07. The Balaban J connectivity index is 1.92. The van der Waals surface area contributed by atoms with E-state index in [1.807, 2.05) is 6.08 Å². The van der Waals surface area contributed by atoms with Gasteiger partial charge in [0.15, 0.2) is 11.7 Å². The van der Waals surface area contributed by atoms with Crippen molar-refractivity contribution in [2.24, 2.45) is 10.7 Å². The number of aliphatic imine (C=N–C) groups is 1. The Hall–Kier alpha value is -2.22. The molecule has 1 heterocycles. The number of rotatable bonds is 5. The van der Waals surface area contributed by atoms with Gasteiger partial charge < -0.3 is 20.5 Å². The van der Waals surface area contributed by atoms with Crippen molar-refractivity contribution in [3.8, 4) is 5.75 Å². The zero-order chi connectivity index (χ0) is 16.7. The van der Waals surface area contributed by atoms with Crippen molar-refractivity contribution in [3.05, 3.63) is 35.9 Å². The van der Waals surface area contributed by atoms with Gasteiger partial charge in [-0.05, 0) is 25.0 Å². The van der Waals surface area contributed by atoms with Crippen LogP contribution in [-0.2, 0) is 4.74 Å². The second kappa shape index (κ2) is 7.87. The van der Waals surface area contributed by atoms with Crippen LogP contribution in [0.3, 0.4) is 0 Å². The Morgan fingerprint density at radius 3 is 2.83 bits per heavy atom. The van der Waals surface area contributed by atoms with Crippen molar-refractivity contribution < 1.29 is 22.6 Å². The van der Waals surface area contributed by atoms with Crippen LogP contribution in [0, 0.1) is 0 Å². The van der Waals surface area contributed by atoms with Gasteiger partial charge in [-0.15, -0.1) is 13.2 Å². The first-order valence-corrected chi connectivity index (χ1v) is 7.11. The van der Waals surface area contributed by atoms with Gasteiger partial charge in [0.05, 0.1) is 18.9 Å². The van der Waals surface area contributed by atoms with Crippen molar-refractivity contribution in [2.45, 2.75) is 19.2 Å². The third-order valence-electron chi connectivity index (χ3n) is 3.15. The summed E-state index contributed by atoms with van der Waals surface area (Å²) in [5, 5.41) is 2.63. The minimum Gasteiger partial charge on any atom is -0.404 e. The lowest BCUT2D eigenvalue weighted by atomic mass is 10.1. The first kappa shape index (κ1) is 17.1. The summed E-state index contributed by atoms with van der Waals surface area (Å²) in [4.78, 5) is 4.12. The molecule has 0 aromatic heterocycles. The van der Waals surface area contributed by atoms with E-state index in [0.29, 0.717) is 19.8 Å². The normalized spacial score (nSPS) is 16.0. The molecule has 5 nitrogen and oxygen atoms in total. The molecule has 1 aromatic carbocycles. The molecule has 0 spiro atoms. The highest BCUT2D eigenvalue weighted by molar-refractivity contribution is 5.93. The average molecular weight is 329 g/mol. The lowest BCUT2D eigenvalue weighted by molar-refractivity contribution is -0.274. The molecule has 0 bridgehead atoms. The number of ether oxygens (including phenoxy) is 2. The molecule has 0 saturated heterocycles. The van der Waals surface area contributed by atoms with Gasteiger partial charge in [0.25, 0.3) is 0 Å². The highest BCUT2D eigenvalue weighted by Gasteiger charge is 2.32. The molecular weight excluding hydrogens is 311 g/mol. The number of nitrogens with one attached hydrogen (secondary N) is 1. The van der Waals surface area contributed by atoms with Crippen LogP contribution in [0.25, 0.3) is 0 Å². The van der Waals surface area contributed by atoms with Crippen LogP contribution in [0.4, 0.5) is 18.9 Å². The molecule has 126 valence electrons. The Morgan fingerprint density at radius 2 is 2.13 bits per heavy atom. The van der Waals surface area contributed by atoms with Gasteiger partial charge >= 0.3 is 6.36 Å². The van der Waals surface area contributed by atoms with E-state index in [2.05, 4.69) is 15.0 Å². The fraction of sp³-hybridized carbons (Fsp3) is 0.400. The predicted octanol–water partition coefficient (Wildman–Crippen LogP) is 3.05. The molecule has 3 N–H and O–H groups in total. The van der Waals surface area contributed by atoms with E-state index in [4.69, 9.17) is 10.5 Å². The van der Waals surface area contributed by atoms with Crippen LogP contribution in [-0.4, -0.2) is 32.1 Å². The standard InChI is InChI=1S/C15H18F3N3O2/c16-15(17,18)23-13-4-2-1-3-12(13)21-14(19)20-8-5-11-6-9-22-10-7-11/h1-4,6H,5,7-10H2,(H3,19,20,21). The van der Waals surface area contributed by atoms with Gasteiger partial charge in [0.2, 0.25) is 0 Å². The minimum atomic E-state index is -4.76. The number of hydrogen-bond acceptors (Lipinski definition) is 3. The van der Waals surface area contributed by atoms with Crippen molar-refractivity contribution in [1.82, 2.24) is 0 Å². The largest absolute Gasteiger partial charge is 0.573 e. The molecule has 1 aliphatic rings. The molecule has 0 radical (unpaired) electrons. The molecule has 0 saturated carbocycles. The molecule has 1 aliphatic heterocycles. The maximum Gasteiger partial charge on any atom is 0.573 e. The highest BCUT2D eigenvalue weighted by Crippen LogP contribution is 2.29. The van der Waals surface area contributed by atoms with Crippen LogP contribution in [0.2, 0.25) is 0 Å². The SMILES string of the molecule is NC(=NCCC1=CCOCC1)Nc1ccccc1OC(F)(F)F. The molecular formula is C15H18F3N3O2. The average Bonchev–Trinajstić information content (AvgIpc) is 2.49. The maximum absolute atomic E-state index is 12.3. The molecule has 0 aliphatic carbocycles. The number of guanidine groups is 1. The van der Waals surface area contributed by atoms with Gasteiger partial charge in [0, 0.05) is 6.54 Å². The van der Waals surface area contributed by atoms with Crippen LogP contribution >= 0.6 is 0 Å². The van der Waals surface area contributed by atoms with Crippen molar-refractivity contribution in [1.29, 1.82) is 0 Å². The Labute approximate surface area is 132 Å². The van der Waals surface area contributed by atoms with Gasteiger partial charge in [-0.25, -0.2) is 0 Å². The molecule has 2 rings (SSSR count). The van der Waals surface area contributed by atoms with E-state index in [1.54, 1.807) is 6.07 Å². The van der Waals surface area contributed by atoms with Crippen LogP contribution in [0.15, 0.2) is 40.9 Å². The number of nitrogens with two attached hydrogens (primary N) is 1. The smallest absolute Gasteiger partial charge is 0.404 e. The third-order valence-corrected chi connectivity index (χ3v) is 3.15. The second-order valence-electron chi connectivity index (χ2n) is 4.87. The third kappa shape index (κ3) is 6.19. The zero-order valence-electron chi connectivity index (χ0n) is 12.4. The van der Waals surface area contributed by atoms with E-state index in [-0.39, 0.29) is 17.4 Å². The number of nitrogens with zero attached hydrogens (tertiary/aromatic N) is 1. The molecule has 0 amide bonds. The lowest BCUT2D eigenvalue weighted by Gasteiger charge is -2.14. The summed E-state index contributed by atoms with van der Waals surface area (Å²) in [5.74, 6) is -0.318. The predicted molar refractivity (Wildman–Crippen MR) is 81.4 cm³/mol. The Kier molecular flexibility index (Phi) is 5.86. The zero-order valence-corrected chi connectivity index (χ0v) is 12.4. The van der Waals surface area contributed by atoms with E-state index in [9.17, 15) is 13.2 Å². The quantitative estimate of drug-likeness (QED) is 0.495. The van der Waals surface area contributed by atoms with Crippen molar-refractivity contribution in [2.75, 3.05) is 25.1 Å². The highest BCUT2D eigenvalue weighted by atomic mass is 19.4. The molecule has 23 heavy (non-hydrogen) atoms. The van der Waals surface area contributed by atoms with Gasteiger partial charge in [0.1, 0.15) is 0 Å². The summed E-state index contributed by atoms with van der Waals surface area (Å²) in [6.45, 7) is 1.76. The molecule has 1 aromatic rings. The Bertz CT molecular complexity index is 586. The number of benzene rings is 1. The van der Waals surface area contributed by atoms with Gasteiger partial charge in [-0.1, -0.05) is 23.8 Å². The van der Waals surface area contributed by atoms with Gasteiger partial charge in [-0.3, -0.25) is 4.99 Å². The van der Waals surface area contributed by atoms with E-state index >= 15 is 0 Å². The summed E-state index contributed by atoms with van der Waals surface area (Å²) < 4.78 is 46.2. The fourth-order valence-corrected chi connectivity index (χ4v) is 2.07. The molecule has 0 atom stereocenters. The second-order valence-corrected chi connectivity index (χ2v) is 4.87. The number of halogens is 3.